The number of hydrogen-bond donors (Lipinski definition) is 0. The Bertz CT molecular complexity index is 450. The second-order valence-electron chi connectivity index (χ2n) is 3.41. The smallest absolute Gasteiger partial charge is 0.229 e. The van der Waals surface area contributed by atoms with Crippen molar-refractivity contribution in [3.8, 4) is 5.75 Å². The molecular weight excluding hydrogens is 199 g/mol. The first-order valence-corrected chi connectivity index (χ1v) is 7.28. The highest BCUT2D eigenvalue weighted by atomic mass is 28.3. The Hall–Kier alpha value is -1.29. The van der Waals surface area contributed by atoms with Gasteiger partial charge in [0.2, 0.25) is 9.04 Å². The number of fused-ring (bicyclic) bond motifs is 1. The maximum atomic E-state index is 13.4. The van der Waals surface area contributed by atoms with Crippen LogP contribution in [0, 0.1) is 5.82 Å². The Labute approximate surface area is 83.0 Å². The minimum Gasteiger partial charge on any atom is -0.545 e. The van der Waals surface area contributed by atoms with E-state index in [1.54, 1.807) is 18.4 Å². The van der Waals surface area contributed by atoms with Crippen LogP contribution in [0.25, 0.3) is 11.0 Å². The van der Waals surface area contributed by atoms with E-state index in [2.05, 4.69) is 0 Å². The normalized spacial score (nSPS) is 11.1. The summed E-state index contributed by atoms with van der Waals surface area (Å²) in [6, 6.07) is 4.84. The molecule has 0 aliphatic carbocycles. The van der Waals surface area contributed by atoms with Gasteiger partial charge in [0.1, 0.15) is 11.3 Å². The van der Waals surface area contributed by atoms with Crippen LogP contribution < -0.4 is 4.43 Å². The summed E-state index contributed by atoms with van der Waals surface area (Å²) >= 11 is 0. The molecular formula is C10H11FO2Si. The van der Waals surface area contributed by atoms with E-state index >= 15 is 0 Å². The summed E-state index contributed by atoms with van der Waals surface area (Å²) in [6.07, 6.45) is 1.54. The second-order valence-corrected chi connectivity index (χ2v) is 5.74. The van der Waals surface area contributed by atoms with Crippen molar-refractivity contribution >= 4 is 20.0 Å². The molecule has 4 heteroatoms. The number of furan rings is 1. The molecule has 0 aliphatic heterocycles. The number of halogens is 1. The molecule has 1 heterocycles. The SMILES string of the molecule is C[SiH](C)Oc1cc2ccoc2cc1F. The van der Waals surface area contributed by atoms with Crippen molar-refractivity contribution in [1.29, 1.82) is 0 Å². The van der Waals surface area contributed by atoms with Gasteiger partial charge in [0.25, 0.3) is 0 Å². The topological polar surface area (TPSA) is 22.4 Å². The molecule has 0 saturated carbocycles. The van der Waals surface area contributed by atoms with Crippen LogP contribution in [0.3, 0.4) is 0 Å². The fourth-order valence-electron chi connectivity index (χ4n) is 1.31. The lowest BCUT2D eigenvalue weighted by Gasteiger charge is -2.09. The zero-order chi connectivity index (χ0) is 10.1. The van der Waals surface area contributed by atoms with E-state index < -0.39 is 9.04 Å². The largest absolute Gasteiger partial charge is 0.545 e. The van der Waals surface area contributed by atoms with E-state index in [0.29, 0.717) is 11.3 Å². The number of hydrogen-bond acceptors (Lipinski definition) is 2. The van der Waals surface area contributed by atoms with Crippen LogP contribution in [0.5, 0.6) is 5.75 Å². The number of benzene rings is 1. The van der Waals surface area contributed by atoms with Gasteiger partial charge in [0.05, 0.1) is 6.26 Å². The molecule has 0 bridgehead atoms. The molecule has 0 fully saturated rings. The van der Waals surface area contributed by atoms with Gasteiger partial charge in [-0.05, 0) is 25.2 Å². The third kappa shape index (κ3) is 1.65. The van der Waals surface area contributed by atoms with E-state index in [9.17, 15) is 4.39 Å². The Morgan fingerprint density at radius 3 is 2.86 bits per heavy atom. The average Bonchev–Trinajstić information content (AvgIpc) is 2.51. The molecule has 0 radical (unpaired) electrons. The standard InChI is InChI=1S/C10H11FO2Si/c1-14(2)13-10-5-7-3-4-12-9(7)6-8(10)11/h3-6,14H,1-2H3. The summed E-state index contributed by atoms with van der Waals surface area (Å²) in [6.45, 7) is 4.00. The quantitative estimate of drug-likeness (QED) is 0.711. The van der Waals surface area contributed by atoms with Crippen LogP contribution in [-0.2, 0) is 0 Å². The highest BCUT2D eigenvalue weighted by Crippen LogP contribution is 2.25. The van der Waals surface area contributed by atoms with E-state index in [4.69, 9.17) is 8.84 Å². The summed E-state index contributed by atoms with van der Waals surface area (Å²) in [4.78, 5) is 0. The van der Waals surface area contributed by atoms with Gasteiger partial charge in [0.15, 0.2) is 5.82 Å². The van der Waals surface area contributed by atoms with Gasteiger partial charge in [-0.1, -0.05) is 0 Å². The van der Waals surface area contributed by atoms with E-state index in [1.165, 1.54) is 6.07 Å². The van der Waals surface area contributed by atoms with Crippen molar-refractivity contribution in [1.82, 2.24) is 0 Å². The molecule has 0 aliphatic rings. The van der Waals surface area contributed by atoms with Crippen LogP contribution in [0.1, 0.15) is 0 Å². The molecule has 0 spiro atoms. The molecule has 1 aromatic heterocycles. The lowest BCUT2D eigenvalue weighted by atomic mass is 10.2. The van der Waals surface area contributed by atoms with Crippen molar-refractivity contribution in [3.63, 3.8) is 0 Å². The molecule has 14 heavy (non-hydrogen) atoms. The van der Waals surface area contributed by atoms with Gasteiger partial charge in [-0.15, -0.1) is 0 Å². The van der Waals surface area contributed by atoms with E-state index in [-0.39, 0.29) is 5.82 Å². The van der Waals surface area contributed by atoms with Gasteiger partial charge in [-0.3, -0.25) is 0 Å². The molecule has 2 nitrogen and oxygen atoms in total. The predicted molar refractivity (Wildman–Crippen MR) is 55.7 cm³/mol. The van der Waals surface area contributed by atoms with Crippen LogP contribution >= 0.6 is 0 Å². The highest BCUT2D eigenvalue weighted by Gasteiger charge is 2.09. The van der Waals surface area contributed by atoms with Gasteiger partial charge in [-0.25, -0.2) is 4.39 Å². The third-order valence-electron chi connectivity index (χ3n) is 1.87. The Kier molecular flexibility index (Phi) is 2.29. The maximum absolute atomic E-state index is 13.4. The summed E-state index contributed by atoms with van der Waals surface area (Å²) < 4.78 is 23.9. The van der Waals surface area contributed by atoms with Gasteiger partial charge in [0, 0.05) is 11.5 Å². The zero-order valence-corrected chi connectivity index (χ0v) is 9.24. The van der Waals surface area contributed by atoms with E-state index in [0.717, 1.165) is 5.39 Å². The van der Waals surface area contributed by atoms with Gasteiger partial charge in [-0.2, -0.15) is 0 Å². The monoisotopic (exact) mass is 210 g/mol. The molecule has 0 unspecified atom stereocenters. The first-order chi connectivity index (χ1) is 6.66. The lowest BCUT2D eigenvalue weighted by Crippen LogP contribution is -2.12. The second kappa shape index (κ2) is 3.46. The first kappa shape index (κ1) is 9.27. The number of rotatable bonds is 2. The average molecular weight is 210 g/mol. The predicted octanol–water partition coefficient (Wildman–Crippen LogP) is 2.93. The molecule has 2 rings (SSSR count). The fourth-order valence-corrected chi connectivity index (χ4v) is 2.00. The Morgan fingerprint density at radius 1 is 1.36 bits per heavy atom. The summed E-state index contributed by atoms with van der Waals surface area (Å²) in [5.74, 6) is -0.0192. The summed E-state index contributed by atoms with van der Waals surface area (Å²) in [5.41, 5.74) is 0.556. The fraction of sp³-hybridized carbons (Fsp3) is 0.200. The van der Waals surface area contributed by atoms with Gasteiger partial charge < -0.3 is 8.84 Å². The van der Waals surface area contributed by atoms with Crippen LogP contribution in [0.2, 0.25) is 13.1 Å². The summed E-state index contributed by atoms with van der Waals surface area (Å²) in [5, 5.41) is 0.871. The minimum atomic E-state index is -1.26. The molecule has 0 saturated heterocycles. The van der Waals surface area contributed by atoms with Crippen molar-refractivity contribution in [2.45, 2.75) is 13.1 Å². The van der Waals surface area contributed by atoms with Crippen molar-refractivity contribution in [2.75, 3.05) is 0 Å². The first-order valence-electron chi connectivity index (χ1n) is 4.50. The van der Waals surface area contributed by atoms with Crippen LogP contribution in [-0.4, -0.2) is 9.04 Å². The molecule has 74 valence electrons. The van der Waals surface area contributed by atoms with Crippen molar-refractivity contribution < 1.29 is 13.2 Å². The maximum Gasteiger partial charge on any atom is 0.229 e. The van der Waals surface area contributed by atoms with E-state index in [1.807, 2.05) is 13.1 Å². The Morgan fingerprint density at radius 2 is 2.14 bits per heavy atom. The van der Waals surface area contributed by atoms with Crippen LogP contribution in [0.15, 0.2) is 28.9 Å². The highest BCUT2D eigenvalue weighted by molar-refractivity contribution is 6.49. The van der Waals surface area contributed by atoms with Crippen molar-refractivity contribution in [2.24, 2.45) is 0 Å². The molecule has 0 N–H and O–H groups in total. The summed E-state index contributed by atoms with van der Waals surface area (Å²) in [7, 11) is -1.26. The molecule has 0 amide bonds. The third-order valence-corrected chi connectivity index (χ3v) is 2.59. The van der Waals surface area contributed by atoms with Gasteiger partial charge >= 0.3 is 0 Å². The van der Waals surface area contributed by atoms with Crippen LogP contribution in [0.4, 0.5) is 4.39 Å². The molecule has 1 aromatic carbocycles. The minimum absolute atomic E-state index is 0.334. The molecule has 0 atom stereocenters. The zero-order valence-electron chi connectivity index (χ0n) is 8.08. The Balaban J connectivity index is 2.48. The lowest BCUT2D eigenvalue weighted by molar-refractivity contribution is 0.508. The van der Waals surface area contributed by atoms with Crippen molar-refractivity contribution in [3.05, 3.63) is 30.3 Å². The molecule has 2 aromatic rings.